The van der Waals surface area contributed by atoms with Crippen LogP contribution in [0.1, 0.15) is 25.7 Å². The maximum absolute atomic E-state index is 6.12. The summed E-state index contributed by atoms with van der Waals surface area (Å²) in [5.41, 5.74) is 1.33. The quantitative estimate of drug-likeness (QED) is 0.659. The van der Waals surface area contributed by atoms with Crippen LogP contribution in [-0.4, -0.2) is 12.6 Å². The van der Waals surface area contributed by atoms with Gasteiger partial charge in [0.15, 0.2) is 0 Å². The fourth-order valence-corrected chi connectivity index (χ4v) is 2.24. The van der Waals surface area contributed by atoms with Crippen molar-refractivity contribution in [1.82, 2.24) is 5.32 Å². The van der Waals surface area contributed by atoms with E-state index in [0.29, 0.717) is 6.04 Å². The topological polar surface area (TPSA) is 12.0 Å². The first-order valence-corrected chi connectivity index (χ1v) is 5.05. The fraction of sp³-hybridized carbons (Fsp3) is 0.600. The maximum atomic E-state index is 6.12. The molecule has 0 radical (unpaired) electrons. The van der Waals surface area contributed by atoms with Crippen LogP contribution in [0.3, 0.4) is 0 Å². The van der Waals surface area contributed by atoms with Crippen LogP contribution in [0.2, 0.25) is 0 Å². The zero-order valence-electron chi connectivity index (χ0n) is 7.15. The van der Waals surface area contributed by atoms with E-state index in [1.165, 1.54) is 18.4 Å². The highest BCUT2D eigenvalue weighted by atomic mass is 35.5. The first kappa shape index (κ1) is 8.33. The zero-order chi connectivity index (χ0) is 8.39. The molecular formula is C10H14ClN. The molecule has 1 saturated heterocycles. The summed E-state index contributed by atoms with van der Waals surface area (Å²) in [5.74, 6) is 0. The van der Waals surface area contributed by atoms with Crippen molar-refractivity contribution in [3.8, 4) is 0 Å². The van der Waals surface area contributed by atoms with Crippen molar-refractivity contribution in [3.63, 3.8) is 0 Å². The monoisotopic (exact) mass is 183 g/mol. The van der Waals surface area contributed by atoms with Gasteiger partial charge in [-0.1, -0.05) is 23.8 Å². The van der Waals surface area contributed by atoms with Gasteiger partial charge in [0.05, 0.1) is 0 Å². The molecule has 0 bridgehead atoms. The largest absolute Gasteiger partial charge is 0.310 e. The molecule has 1 aliphatic heterocycles. The maximum Gasteiger partial charge on any atom is 0.0410 e. The molecule has 0 aromatic carbocycles. The predicted octanol–water partition coefficient (Wildman–Crippen LogP) is 2.58. The Kier molecular flexibility index (Phi) is 2.52. The highest BCUT2D eigenvalue weighted by Crippen LogP contribution is 2.28. The summed E-state index contributed by atoms with van der Waals surface area (Å²) < 4.78 is 0. The van der Waals surface area contributed by atoms with Crippen molar-refractivity contribution in [2.45, 2.75) is 31.7 Å². The minimum atomic E-state index is 0.536. The van der Waals surface area contributed by atoms with Gasteiger partial charge in [-0.15, -0.1) is 0 Å². The van der Waals surface area contributed by atoms with Gasteiger partial charge in [0, 0.05) is 11.1 Å². The molecular weight excluding hydrogens is 170 g/mol. The average molecular weight is 184 g/mol. The Hall–Kier alpha value is -0.270. The summed E-state index contributed by atoms with van der Waals surface area (Å²) in [4.78, 5) is 0. The molecule has 1 aliphatic carbocycles. The second-order valence-corrected chi connectivity index (χ2v) is 3.85. The predicted molar refractivity (Wildman–Crippen MR) is 52.3 cm³/mol. The highest BCUT2D eigenvalue weighted by molar-refractivity contribution is 6.32. The Labute approximate surface area is 78.5 Å². The van der Waals surface area contributed by atoms with Gasteiger partial charge in [-0.05, 0) is 37.8 Å². The highest BCUT2D eigenvalue weighted by Gasteiger charge is 2.21. The van der Waals surface area contributed by atoms with E-state index in [-0.39, 0.29) is 0 Å². The van der Waals surface area contributed by atoms with Crippen molar-refractivity contribution in [2.24, 2.45) is 0 Å². The minimum Gasteiger partial charge on any atom is -0.310 e. The molecule has 1 fully saturated rings. The van der Waals surface area contributed by atoms with Crippen molar-refractivity contribution in [3.05, 3.63) is 22.8 Å². The molecule has 0 aromatic rings. The molecule has 0 aromatic heterocycles. The third-order valence-corrected chi connectivity index (χ3v) is 2.94. The summed E-state index contributed by atoms with van der Waals surface area (Å²) in [6, 6.07) is 0.536. The van der Waals surface area contributed by atoms with Crippen LogP contribution in [0.4, 0.5) is 0 Å². The summed E-state index contributed by atoms with van der Waals surface area (Å²) in [6.07, 6.45) is 9.21. The lowest BCUT2D eigenvalue weighted by Crippen LogP contribution is -2.24. The third-order valence-electron chi connectivity index (χ3n) is 2.57. The summed E-state index contributed by atoms with van der Waals surface area (Å²) >= 11 is 6.12. The van der Waals surface area contributed by atoms with E-state index in [2.05, 4.69) is 17.5 Å². The molecule has 1 N–H and O–H groups in total. The minimum absolute atomic E-state index is 0.536. The fourth-order valence-electron chi connectivity index (χ4n) is 1.92. The number of halogens is 1. The molecule has 1 unspecified atom stereocenters. The van der Waals surface area contributed by atoms with Crippen LogP contribution >= 0.6 is 11.6 Å². The van der Waals surface area contributed by atoms with Crippen LogP contribution in [0.25, 0.3) is 0 Å². The lowest BCUT2D eigenvalue weighted by atomic mass is 9.99. The van der Waals surface area contributed by atoms with E-state index < -0.39 is 0 Å². The van der Waals surface area contributed by atoms with Crippen LogP contribution in [0, 0.1) is 0 Å². The lowest BCUT2D eigenvalue weighted by molar-refractivity contribution is 0.692. The molecule has 2 heteroatoms. The van der Waals surface area contributed by atoms with E-state index in [4.69, 9.17) is 11.6 Å². The Morgan fingerprint density at radius 2 is 2.17 bits per heavy atom. The van der Waals surface area contributed by atoms with Crippen LogP contribution in [0.5, 0.6) is 0 Å². The smallest absolute Gasteiger partial charge is 0.0410 e. The van der Waals surface area contributed by atoms with Crippen LogP contribution in [-0.2, 0) is 0 Å². The Morgan fingerprint density at radius 1 is 1.33 bits per heavy atom. The SMILES string of the molecule is ClC1=CCCC=C1C1CCCN1. The van der Waals surface area contributed by atoms with Gasteiger partial charge in [0.2, 0.25) is 0 Å². The Bertz CT molecular complexity index is 224. The van der Waals surface area contributed by atoms with Crippen LogP contribution in [0.15, 0.2) is 22.8 Å². The molecule has 1 nitrogen and oxygen atoms in total. The first-order valence-electron chi connectivity index (χ1n) is 4.67. The van der Waals surface area contributed by atoms with Gasteiger partial charge in [-0.25, -0.2) is 0 Å². The molecule has 12 heavy (non-hydrogen) atoms. The second kappa shape index (κ2) is 3.63. The van der Waals surface area contributed by atoms with Crippen molar-refractivity contribution in [2.75, 3.05) is 6.54 Å². The summed E-state index contributed by atoms with van der Waals surface area (Å²) in [6.45, 7) is 1.15. The van der Waals surface area contributed by atoms with Gasteiger partial charge in [-0.2, -0.15) is 0 Å². The molecule has 2 aliphatic rings. The standard InChI is InChI=1S/C10H14ClN/c11-9-5-2-1-4-8(9)10-6-3-7-12-10/h4-5,10,12H,1-3,6-7H2. The van der Waals surface area contributed by atoms with E-state index in [9.17, 15) is 0 Å². The Balaban J connectivity index is 2.10. The molecule has 0 spiro atoms. The molecule has 66 valence electrons. The first-order chi connectivity index (χ1) is 5.88. The van der Waals surface area contributed by atoms with E-state index >= 15 is 0 Å². The van der Waals surface area contributed by atoms with Crippen molar-refractivity contribution < 1.29 is 0 Å². The van der Waals surface area contributed by atoms with Crippen molar-refractivity contribution in [1.29, 1.82) is 0 Å². The lowest BCUT2D eigenvalue weighted by Gasteiger charge is -2.17. The van der Waals surface area contributed by atoms with Gasteiger partial charge in [0.25, 0.3) is 0 Å². The molecule has 1 atom stereocenters. The average Bonchev–Trinajstić information content (AvgIpc) is 2.57. The number of hydrogen-bond donors (Lipinski definition) is 1. The molecule has 2 rings (SSSR count). The Morgan fingerprint density at radius 3 is 2.83 bits per heavy atom. The normalized spacial score (nSPS) is 29.9. The number of nitrogens with one attached hydrogen (secondary N) is 1. The number of rotatable bonds is 1. The molecule has 0 saturated carbocycles. The molecule has 1 heterocycles. The second-order valence-electron chi connectivity index (χ2n) is 3.44. The van der Waals surface area contributed by atoms with Crippen molar-refractivity contribution >= 4 is 11.6 Å². The van der Waals surface area contributed by atoms with E-state index in [1.807, 2.05) is 0 Å². The zero-order valence-corrected chi connectivity index (χ0v) is 7.90. The van der Waals surface area contributed by atoms with Gasteiger partial charge >= 0.3 is 0 Å². The molecule has 0 amide bonds. The van der Waals surface area contributed by atoms with Crippen LogP contribution < -0.4 is 5.32 Å². The third kappa shape index (κ3) is 1.57. The summed E-state index contributed by atoms with van der Waals surface area (Å²) in [5, 5.41) is 4.44. The van der Waals surface area contributed by atoms with Gasteiger partial charge < -0.3 is 5.32 Å². The number of allylic oxidation sites excluding steroid dienone is 2. The van der Waals surface area contributed by atoms with Gasteiger partial charge in [-0.3, -0.25) is 0 Å². The summed E-state index contributed by atoms with van der Waals surface area (Å²) in [7, 11) is 0. The van der Waals surface area contributed by atoms with E-state index in [0.717, 1.165) is 24.4 Å². The van der Waals surface area contributed by atoms with E-state index in [1.54, 1.807) is 0 Å². The number of hydrogen-bond acceptors (Lipinski definition) is 1. The van der Waals surface area contributed by atoms with Gasteiger partial charge in [0.1, 0.15) is 0 Å².